The van der Waals surface area contributed by atoms with E-state index in [9.17, 15) is 9.59 Å². The lowest BCUT2D eigenvalue weighted by molar-refractivity contribution is -0.129. The molecule has 0 aliphatic carbocycles. The van der Waals surface area contributed by atoms with Crippen LogP contribution in [0.5, 0.6) is 0 Å². The van der Waals surface area contributed by atoms with Crippen molar-refractivity contribution in [2.24, 2.45) is 0 Å². The molecule has 0 bridgehead atoms. The lowest BCUT2D eigenvalue weighted by Gasteiger charge is -2.13. The number of carbonyl (C=O) groups is 2. The van der Waals surface area contributed by atoms with E-state index in [2.05, 4.69) is 0 Å². The second-order valence-corrected chi connectivity index (χ2v) is 2.85. The predicted octanol–water partition coefficient (Wildman–Crippen LogP) is 1.16. The zero-order valence-electron chi connectivity index (χ0n) is 7.65. The molecule has 0 heterocycles. The topological polar surface area (TPSA) is 37.4 Å². The number of amides is 1. The van der Waals surface area contributed by atoms with Gasteiger partial charge in [0, 0.05) is 12.7 Å². The Morgan fingerprint density at radius 2 is 1.85 bits per heavy atom. The minimum Gasteiger partial charge on any atom is -0.309 e. The number of carbonyl (C=O) groups excluding carboxylic acids is 2. The summed E-state index contributed by atoms with van der Waals surface area (Å²) in [5.74, 6) is -0.538. The summed E-state index contributed by atoms with van der Waals surface area (Å²) in [6.07, 6.45) is 0.305. The Morgan fingerprint density at radius 1 is 1.31 bits per heavy atom. The highest BCUT2D eigenvalue weighted by atomic mass is 16.2. The van der Waals surface area contributed by atoms with E-state index < -0.39 is 5.91 Å². The number of rotatable bonds is 2. The summed E-state index contributed by atoms with van der Waals surface area (Å²) >= 11 is 0. The number of hydrogen-bond donors (Lipinski definition) is 0. The van der Waals surface area contributed by atoms with Crippen LogP contribution in [0.1, 0.15) is 5.56 Å². The van der Waals surface area contributed by atoms with Crippen molar-refractivity contribution in [3.05, 3.63) is 29.8 Å². The van der Waals surface area contributed by atoms with Gasteiger partial charge in [-0.1, -0.05) is 17.7 Å². The van der Waals surface area contributed by atoms with Gasteiger partial charge < -0.3 is 4.90 Å². The summed E-state index contributed by atoms with van der Waals surface area (Å²) in [5.41, 5.74) is 1.85. The van der Waals surface area contributed by atoms with E-state index in [1.807, 2.05) is 19.1 Å². The lowest BCUT2D eigenvalue weighted by atomic mass is 10.2. The molecule has 68 valence electrons. The molecule has 0 saturated carbocycles. The molecule has 0 aliphatic rings. The average molecular weight is 177 g/mol. The number of benzene rings is 1. The van der Waals surface area contributed by atoms with Gasteiger partial charge in [0.1, 0.15) is 0 Å². The predicted molar refractivity (Wildman–Crippen MR) is 50.7 cm³/mol. The van der Waals surface area contributed by atoms with Gasteiger partial charge in [0.2, 0.25) is 6.29 Å². The summed E-state index contributed by atoms with van der Waals surface area (Å²) in [5, 5.41) is 0. The highest BCUT2D eigenvalue weighted by Gasteiger charge is 2.07. The minimum absolute atomic E-state index is 0.305. The van der Waals surface area contributed by atoms with Crippen LogP contribution in [0.3, 0.4) is 0 Å². The summed E-state index contributed by atoms with van der Waals surface area (Å²) in [6, 6.07) is 7.39. The van der Waals surface area contributed by atoms with Gasteiger partial charge in [0.05, 0.1) is 0 Å². The van der Waals surface area contributed by atoms with E-state index in [-0.39, 0.29) is 0 Å². The van der Waals surface area contributed by atoms with Gasteiger partial charge in [-0.3, -0.25) is 9.59 Å². The number of aryl methyl sites for hydroxylation is 1. The number of likely N-dealkylation sites (N-methyl/N-ethyl adjacent to an activating group) is 1. The molecule has 1 aromatic rings. The van der Waals surface area contributed by atoms with Crippen molar-refractivity contribution in [1.82, 2.24) is 0 Å². The van der Waals surface area contributed by atoms with E-state index in [1.54, 1.807) is 19.2 Å². The maximum absolute atomic E-state index is 11.0. The van der Waals surface area contributed by atoms with Crippen LogP contribution in [0, 0.1) is 6.92 Å². The molecule has 3 heteroatoms. The molecule has 0 unspecified atom stereocenters. The zero-order chi connectivity index (χ0) is 9.84. The first-order chi connectivity index (χ1) is 6.15. The fourth-order valence-corrected chi connectivity index (χ4v) is 0.975. The Kier molecular flexibility index (Phi) is 2.80. The van der Waals surface area contributed by atoms with Gasteiger partial charge in [0.15, 0.2) is 0 Å². The van der Waals surface area contributed by atoms with Gasteiger partial charge in [-0.25, -0.2) is 0 Å². The number of nitrogens with zero attached hydrogens (tertiary/aromatic N) is 1. The number of hydrogen-bond acceptors (Lipinski definition) is 2. The van der Waals surface area contributed by atoms with Crippen molar-refractivity contribution in [3.8, 4) is 0 Å². The average Bonchev–Trinajstić information content (AvgIpc) is 2.17. The monoisotopic (exact) mass is 177 g/mol. The molecule has 0 saturated heterocycles. The molecule has 0 fully saturated rings. The van der Waals surface area contributed by atoms with Crippen LogP contribution >= 0.6 is 0 Å². The first-order valence-electron chi connectivity index (χ1n) is 3.94. The molecule has 0 spiro atoms. The zero-order valence-corrected chi connectivity index (χ0v) is 7.65. The normalized spacial score (nSPS) is 9.38. The van der Waals surface area contributed by atoms with Gasteiger partial charge >= 0.3 is 0 Å². The Bertz CT molecular complexity index is 316. The molecule has 0 N–H and O–H groups in total. The van der Waals surface area contributed by atoms with E-state index >= 15 is 0 Å². The number of aldehydes is 1. The molecule has 1 amide bonds. The van der Waals surface area contributed by atoms with Crippen molar-refractivity contribution in [2.75, 3.05) is 11.9 Å². The molecule has 3 nitrogen and oxygen atoms in total. The summed E-state index contributed by atoms with van der Waals surface area (Å²) in [7, 11) is 1.57. The summed E-state index contributed by atoms with van der Waals surface area (Å²) in [4.78, 5) is 22.5. The van der Waals surface area contributed by atoms with Crippen LogP contribution in [0.15, 0.2) is 24.3 Å². The van der Waals surface area contributed by atoms with E-state index in [0.717, 1.165) is 11.3 Å². The minimum atomic E-state index is -0.538. The van der Waals surface area contributed by atoms with Crippen molar-refractivity contribution in [1.29, 1.82) is 0 Å². The second kappa shape index (κ2) is 3.85. The quantitative estimate of drug-likeness (QED) is 0.502. The van der Waals surface area contributed by atoms with Crippen LogP contribution in [0.25, 0.3) is 0 Å². The van der Waals surface area contributed by atoms with Crippen molar-refractivity contribution in [3.63, 3.8) is 0 Å². The molecule has 0 radical (unpaired) electrons. The molecule has 0 aromatic heterocycles. The fraction of sp³-hybridized carbons (Fsp3) is 0.200. The smallest absolute Gasteiger partial charge is 0.290 e. The standard InChI is InChI=1S/C10H11NO2/c1-8-3-5-9(6-4-8)11(2)10(13)7-12/h3-7H,1-2H3. The Labute approximate surface area is 77.0 Å². The third kappa shape index (κ3) is 2.15. The molecular weight excluding hydrogens is 166 g/mol. The highest BCUT2D eigenvalue weighted by molar-refractivity contribution is 6.30. The van der Waals surface area contributed by atoms with Crippen molar-refractivity contribution in [2.45, 2.75) is 6.92 Å². The maximum atomic E-state index is 11.0. The Balaban J connectivity index is 2.89. The van der Waals surface area contributed by atoms with Crippen LogP contribution < -0.4 is 4.90 Å². The molecule has 1 rings (SSSR count). The van der Waals surface area contributed by atoms with E-state index in [4.69, 9.17) is 0 Å². The van der Waals surface area contributed by atoms with Gasteiger partial charge in [-0.15, -0.1) is 0 Å². The van der Waals surface area contributed by atoms with Crippen molar-refractivity contribution < 1.29 is 9.59 Å². The summed E-state index contributed by atoms with van der Waals surface area (Å²) < 4.78 is 0. The Hall–Kier alpha value is -1.64. The van der Waals surface area contributed by atoms with Crippen LogP contribution in [-0.4, -0.2) is 19.2 Å². The third-order valence-corrected chi connectivity index (χ3v) is 1.85. The van der Waals surface area contributed by atoms with Gasteiger partial charge in [-0.2, -0.15) is 0 Å². The molecule has 0 atom stereocenters. The van der Waals surface area contributed by atoms with Crippen molar-refractivity contribution >= 4 is 17.9 Å². The van der Waals surface area contributed by atoms with Gasteiger partial charge in [-0.05, 0) is 19.1 Å². The largest absolute Gasteiger partial charge is 0.309 e. The number of anilines is 1. The maximum Gasteiger partial charge on any atom is 0.290 e. The Morgan fingerprint density at radius 3 is 2.31 bits per heavy atom. The van der Waals surface area contributed by atoms with E-state index in [0.29, 0.717) is 6.29 Å². The molecule has 1 aromatic carbocycles. The van der Waals surface area contributed by atoms with Crippen LogP contribution in [-0.2, 0) is 9.59 Å². The first-order valence-corrected chi connectivity index (χ1v) is 3.94. The molecular formula is C10H11NO2. The van der Waals surface area contributed by atoms with Crippen LogP contribution in [0.2, 0.25) is 0 Å². The van der Waals surface area contributed by atoms with Gasteiger partial charge in [0.25, 0.3) is 5.91 Å². The van der Waals surface area contributed by atoms with Crippen LogP contribution in [0.4, 0.5) is 5.69 Å². The first kappa shape index (κ1) is 9.45. The van der Waals surface area contributed by atoms with E-state index in [1.165, 1.54) is 4.90 Å². The fourth-order valence-electron chi connectivity index (χ4n) is 0.975. The highest BCUT2D eigenvalue weighted by Crippen LogP contribution is 2.12. The lowest BCUT2D eigenvalue weighted by Crippen LogP contribution is -2.26. The SMILES string of the molecule is Cc1ccc(N(C)C(=O)C=O)cc1. The molecule has 13 heavy (non-hydrogen) atoms. The molecule has 0 aliphatic heterocycles. The summed E-state index contributed by atoms with van der Waals surface area (Å²) in [6.45, 7) is 1.96. The second-order valence-electron chi connectivity index (χ2n) is 2.85. The third-order valence-electron chi connectivity index (χ3n) is 1.85.